The summed E-state index contributed by atoms with van der Waals surface area (Å²) >= 11 is 0. The van der Waals surface area contributed by atoms with Gasteiger partial charge in [-0.3, -0.25) is 4.79 Å². The van der Waals surface area contributed by atoms with E-state index in [0.717, 1.165) is 57.8 Å². The molecular formula is C44H85NO5. The van der Waals surface area contributed by atoms with Crippen molar-refractivity contribution in [2.24, 2.45) is 0 Å². The van der Waals surface area contributed by atoms with Crippen LogP contribution >= 0.6 is 0 Å². The number of carbonyl (C=O) groups excluding carboxylic acids is 1. The summed E-state index contributed by atoms with van der Waals surface area (Å²) in [5.41, 5.74) is 0. The van der Waals surface area contributed by atoms with Crippen molar-refractivity contribution in [2.75, 3.05) is 6.61 Å². The molecule has 0 aromatic heterocycles. The molecule has 0 aromatic rings. The fourth-order valence-corrected chi connectivity index (χ4v) is 6.63. The number of hydrogen-bond acceptors (Lipinski definition) is 5. The number of aliphatic hydroxyl groups excluding tert-OH is 4. The first-order chi connectivity index (χ1) is 24.5. The highest BCUT2D eigenvalue weighted by Gasteiger charge is 2.28. The smallest absolute Gasteiger partial charge is 0.249 e. The van der Waals surface area contributed by atoms with Gasteiger partial charge in [0, 0.05) is 0 Å². The van der Waals surface area contributed by atoms with Gasteiger partial charge >= 0.3 is 0 Å². The van der Waals surface area contributed by atoms with Crippen LogP contribution < -0.4 is 5.32 Å². The van der Waals surface area contributed by atoms with Crippen LogP contribution in [-0.4, -0.2) is 57.3 Å². The highest BCUT2D eigenvalue weighted by atomic mass is 16.3. The minimum Gasteiger partial charge on any atom is -0.394 e. The van der Waals surface area contributed by atoms with Gasteiger partial charge in [0.15, 0.2) is 0 Å². The maximum absolute atomic E-state index is 12.4. The fraction of sp³-hybridized carbons (Fsp3) is 0.886. The molecule has 0 aromatic carbocycles. The highest BCUT2D eigenvalue weighted by molar-refractivity contribution is 5.80. The van der Waals surface area contributed by atoms with E-state index in [0.29, 0.717) is 12.8 Å². The van der Waals surface area contributed by atoms with E-state index in [9.17, 15) is 25.2 Å². The van der Waals surface area contributed by atoms with Gasteiger partial charge < -0.3 is 25.7 Å². The van der Waals surface area contributed by atoms with Gasteiger partial charge in [0.05, 0.1) is 18.8 Å². The summed E-state index contributed by atoms with van der Waals surface area (Å²) < 4.78 is 0. The Balaban J connectivity index is 3.73. The molecule has 1 amide bonds. The molecule has 0 aliphatic rings. The lowest BCUT2D eigenvalue weighted by molar-refractivity contribution is -0.132. The van der Waals surface area contributed by atoms with Crippen molar-refractivity contribution in [1.82, 2.24) is 5.32 Å². The van der Waals surface area contributed by atoms with Crippen LogP contribution in [-0.2, 0) is 4.79 Å². The molecule has 0 aliphatic carbocycles. The molecule has 5 N–H and O–H groups in total. The maximum Gasteiger partial charge on any atom is 0.249 e. The second-order valence-corrected chi connectivity index (χ2v) is 15.0. The molecular weight excluding hydrogens is 622 g/mol. The largest absolute Gasteiger partial charge is 0.394 e. The summed E-state index contributed by atoms with van der Waals surface area (Å²) in [6.45, 7) is 4.00. The summed E-state index contributed by atoms with van der Waals surface area (Å²) in [6, 6.07) is -1.00. The van der Waals surface area contributed by atoms with E-state index < -0.39 is 36.9 Å². The van der Waals surface area contributed by atoms with Crippen molar-refractivity contribution in [3.63, 3.8) is 0 Å². The number of hydrogen-bond donors (Lipinski definition) is 5. The zero-order valence-electron chi connectivity index (χ0n) is 33.2. The molecule has 0 spiro atoms. The van der Waals surface area contributed by atoms with Gasteiger partial charge in [0.2, 0.25) is 5.91 Å². The zero-order valence-corrected chi connectivity index (χ0v) is 33.2. The lowest BCUT2D eigenvalue weighted by Gasteiger charge is -2.27. The molecule has 296 valence electrons. The minimum atomic E-state index is -1.28. The molecule has 0 rings (SSSR count). The lowest BCUT2D eigenvalue weighted by atomic mass is 10.00. The van der Waals surface area contributed by atoms with Gasteiger partial charge in [0.1, 0.15) is 12.2 Å². The SMILES string of the molecule is CCCCC/C=C\CCCCCCC(O)C(=O)NC(CO)C(O)C(O)CCC/C=C/CCCCCCCCCCCCCCCCCCCC. The molecule has 0 fully saturated rings. The first kappa shape index (κ1) is 48.8. The Morgan fingerprint density at radius 1 is 0.480 bits per heavy atom. The summed E-state index contributed by atoms with van der Waals surface area (Å²) in [5.74, 6) is -0.604. The predicted molar refractivity (Wildman–Crippen MR) is 214 cm³/mol. The van der Waals surface area contributed by atoms with E-state index in [1.54, 1.807) is 0 Å². The van der Waals surface area contributed by atoms with E-state index >= 15 is 0 Å². The van der Waals surface area contributed by atoms with Crippen LogP contribution in [0.2, 0.25) is 0 Å². The number of unbranched alkanes of at least 4 members (excludes halogenated alkanes) is 26. The second-order valence-electron chi connectivity index (χ2n) is 15.0. The fourth-order valence-electron chi connectivity index (χ4n) is 6.63. The Morgan fingerprint density at radius 3 is 1.24 bits per heavy atom. The quantitative estimate of drug-likeness (QED) is 0.0323. The van der Waals surface area contributed by atoms with E-state index in [-0.39, 0.29) is 0 Å². The Morgan fingerprint density at radius 2 is 0.820 bits per heavy atom. The van der Waals surface area contributed by atoms with Gasteiger partial charge in [-0.15, -0.1) is 0 Å². The van der Waals surface area contributed by atoms with E-state index in [1.165, 1.54) is 135 Å². The van der Waals surface area contributed by atoms with Gasteiger partial charge in [-0.2, -0.15) is 0 Å². The summed E-state index contributed by atoms with van der Waals surface area (Å²) in [4.78, 5) is 12.4. The average Bonchev–Trinajstić information content (AvgIpc) is 3.12. The Hall–Kier alpha value is -1.21. The second kappa shape index (κ2) is 39.0. The number of aliphatic hydroxyl groups is 4. The molecule has 0 bridgehead atoms. The standard InChI is InChI=1S/C44H85NO5/c1-3-5-7-9-11-13-15-16-17-18-19-20-21-22-23-24-25-26-28-29-31-33-35-37-41(47)43(49)40(39-46)45-44(50)42(48)38-36-34-32-30-27-14-12-10-8-6-4-2/h12,14,29,31,40-43,46-49H,3-11,13,15-28,30,32-39H2,1-2H3,(H,45,50)/b14-12-,31-29+. The van der Waals surface area contributed by atoms with Crippen molar-refractivity contribution < 1.29 is 25.2 Å². The maximum atomic E-state index is 12.4. The van der Waals surface area contributed by atoms with E-state index in [4.69, 9.17) is 0 Å². The van der Waals surface area contributed by atoms with Crippen molar-refractivity contribution in [1.29, 1.82) is 0 Å². The molecule has 6 nitrogen and oxygen atoms in total. The third kappa shape index (κ3) is 32.7. The molecule has 0 saturated carbocycles. The molecule has 0 aliphatic heterocycles. The number of allylic oxidation sites excluding steroid dienone is 4. The van der Waals surface area contributed by atoms with Crippen LogP contribution in [0.3, 0.4) is 0 Å². The molecule has 0 radical (unpaired) electrons. The van der Waals surface area contributed by atoms with Crippen LogP contribution in [0.25, 0.3) is 0 Å². The van der Waals surface area contributed by atoms with Gasteiger partial charge in [-0.25, -0.2) is 0 Å². The summed E-state index contributed by atoms with van der Waals surface area (Å²) in [7, 11) is 0. The predicted octanol–water partition coefficient (Wildman–Crippen LogP) is 11.2. The van der Waals surface area contributed by atoms with E-state index in [2.05, 4.69) is 43.5 Å². The average molecular weight is 708 g/mol. The molecule has 4 unspecified atom stereocenters. The van der Waals surface area contributed by atoms with Crippen molar-refractivity contribution in [2.45, 2.75) is 244 Å². The molecule has 0 heterocycles. The van der Waals surface area contributed by atoms with Crippen molar-refractivity contribution in [3.8, 4) is 0 Å². The number of rotatable bonds is 39. The topological polar surface area (TPSA) is 110 Å². The van der Waals surface area contributed by atoms with Gasteiger partial charge in [0.25, 0.3) is 0 Å². The Bertz CT molecular complexity index is 757. The Labute approximate surface area is 310 Å². The van der Waals surface area contributed by atoms with Crippen LogP contribution in [0, 0.1) is 0 Å². The number of amides is 1. The normalized spacial score (nSPS) is 14.4. The highest BCUT2D eigenvalue weighted by Crippen LogP contribution is 2.16. The van der Waals surface area contributed by atoms with Crippen molar-refractivity contribution >= 4 is 5.91 Å². The molecule has 50 heavy (non-hydrogen) atoms. The first-order valence-electron chi connectivity index (χ1n) is 21.7. The van der Waals surface area contributed by atoms with Crippen LogP contribution in [0.4, 0.5) is 0 Å². The lowest BCUT2D eigenvalue weighted by Crippen LogP contribution is -2.53. The number of carbonyl (C=O) groups is 1. The van der Waals surface area contributed by atoms with Crippen LogP contribution in [0.5, 0.6) is 0 Å². The van der Waals surface area contributed by atoms with Gasteiger partial charge in [-0.05, 0) is 64.2 Å². The molecule has 4 atom stereocenters. The van der Waals surface area contributed by atoms with Gasteiger partial charge in [-0.1, -0.05) is 179 Å². The van der Waals surface area contributed by atoms with Crippen LogP contribution in [0.15, 0.2) is 24.3 Å². The monoisotopic (exact) mass is 708 g/mol. The minimum absolute atomic E-state index is 0.349. The first-order valence-corrected chi connectivity index (χ1v) is 21.7. The van der Waals surface area contributed by atoms with E-state index in [1.807, 2.05) is 0 Å². The molecule has 0 saturated heterocycles. The summed E-state index contributed by atoms with van der Waals surface area (Å²) in [6.07, 6.45) is 43.7. The zero-order chi connectivity index (χ0) is 36.8. The van der Waals surface area contributed by atoms with Crippen molar-refractivity contribution in [3.05, 3.63) is 24.3 Å². The third-order valence-electron chi connectivity index (χ3n) is 10.1. The summed E-state index contributed by atoms with van der Waals surface area (Å²) in [5, 5.41) is 43.5. The Kier molecular flexibility index (Phi) is 38.1. The molecule has 6 heteroatoms. The number of nitrogens with one attached hydrogen (secondary N) is 1. The van der Waals surface area contributed by atoms with Crippen LogP contribution in [0.1, 0.15) is 219 Å². The third-order valence-corrected chi connectivity index (χ3v) is 10.1.